The molecule has 1 aliphatic heterocycles. The minimum atomic E-state index is -0.250. The van der Waals surface area contributed by atoms with Gasteiger partial charge in [0.05, 0.1) is 5.69 Å². The van der Waals surface area contributed by atoms with E-state index in [0.717, 1.165) is 16.8 Å². The summed E-state index contributed by atoms with van der Waals surface area (Å²) in [5.74, 6) is 0.662. The number of anilines is 2. The molecule has 10 heteroatoms. The number of aromatic nitrogens is 3. The largest absolute Gasteiger partial charge is 0.483 e. The molecule has 4 rings (SSSR count). The minimum absolute atomic E-state index is 0.0151. The molecule has 3 heterocycles. The lowest BCUT2D eigenvalue weighted by molar-refractivity contribution is -0.129. The molecule has 168 valence electrons. The summed E-state index contributed by atoms with van der Waals surface area (Å²) < 4.78 is 0. The van der Waals surface area contributed by atoms with Gasteiger partial charge in [0.15, 0.2) is 0 Å². The van der Waals surface area contributed by atoms with Crippen LogP contribution in [0.2, 0.25) is 0 Å². The summed E-state index contributed by atoms with van der Waals surface area (Å²) in [6.07, 6.45) is 3.93. The Balaban J connectivity index is 0.000000968. The quantitative estimate of drug-likeness (QED) is 0.512. The molecule has 4 N–H and O–H groups in total. The number of pyridine rings is 1. The Kier molecular flexibility index (Phi) is 7.49. The van der Waals surface area contributed by atoms with E-state index in [1.54, 1.807) is 17.3 Å². The number of benzene rings is 1. The number of carbonyl (C=O) groups is 2. The number of nitrogen functional groups attached to an aromatic ring is 1. The smallest absolute Gasteiger partial charge is 0.290 e. The second kappa shape index (κ2) is 10.7. The molecule has 3 aromatic rings. The standard InChI is InChI=1S/C22H21N7O.CH2O2/c1-14(30)29-8-7-19-18(13-29)20(17(9-23)21(24)28-19)16-11-26-22(27-12-16)25-10-15-5-3-2-4-6-15;2-1-3/h2-6,11-12H,7-8,10,13H2,1H3,(H2,24,28)(H,25,26,27);1H,(H,2,3). The summed E-state index contributed by atoms with van der Waals surface area (Å²) in [6.45, 7) is 2.86. The highest BCUT2D eigenvalue weighted by molar-refractivity contribution is 5.80. The zero-order valence-electron chi connectivity index (χ0n) is 18.0. The van der Waals surface area contributed by atoms with Crippen molar-refractivity contribution in [1.29, 1.82) is 5.26 Å². The van der Waals surface area contributed by atoms with E-state index in [4.69, 9.17) is 15.6 Å². The molecule has 0 saturated carbocycles. The predicted octanol–water partition coefficient (Wildman–Crippen LogP) is 2.21. The van der Waals surface area contributed by atoms with Gasteiger partial charge in [-0.25, -0.2) is 15.0 Å². The zero-order valence-corrected chi connectivity index (χ0v) is 18.0. The van der Waals surface area contributed by atoms with Crippen LogP contribution in [0.4, 0.5) is 11.8 Å². The van der Waals surface area contributed by atoms with Gasteiger partial charge in [0.2, 0.25) is 11.9 Å². The first-order valence-electron chi connectivity index (χ1n) is 10.1. The van der Waals surface area contributed by atoms with E-state index in [1.807, 2.05) is 30.3 Å². The normalized spacial score (nSPS) is 11.9. The average Bonchev–Trinajstić information content (AvgIpc) is 2.83. The van der Waals surface area contributed by atoms with Crippen LogP contribution in [0, 0.1) is 11.3 Å². The summed E-state index contributed by atoms with van der Waals surface area (Å²) in [5.41, 5.74) is 10.4. The average molecular weight is 445 g/mol. The number of carbonyl (C=O) groups excluding carboxylic acids is 1. The first kappa shape index (κ1) is 23.1. The molecule has 1 aliphatic rings. The molecular weight excluding hydrogens is 422 g/mol. The number of hydrogen-bond acceptors (Lipinski definition) is 8. The molecule has 1 aromatic carbocycles. The van der Waals surface area contributed by atoms with Crippen LogP contribution in [-0.2, 0) is 29.1 Å². The van der Waals surface area contributed by atoms with Crippen molar-refractivity contribution in [2.75, 3.05) is 17.6 Å². The van der Waals surface area contributed by atoms with Crippen molar-refractivity contribution in [3.63, 3.8) is 0 Å². The molecule has 1 amide bonds. The van der Waals surface area contributed by atoms with E-state index in [-0.39, 0.29) is 23.8 Å². The molecule has 0 aliphatic carbocycles. The van der Waals surface area contributed by atoms with Gasteiger partial charge in [-0.15, -0.1) is 0 Å². The van der Waals surface area contributed by atoms with E-state index in [2.05, 4.69) is 26.3 Å². The summed E-state index contributed by atoms with van der Waals surface area (Å²) in [7, 11) is 0. The van der Waals surface area contributed by atoms with Gasteiger partial charge in [-0.05, 0) is 5.56 Å². The fraction of sp³-hybridized carbons (Fsp3) is 0.217. The number of nitrogens with two attached hydrogens (primary N) is 1. The molecule has 0 atom stereocenters. The highest BCUT2D eigenvalue weighted by Gasteiger charge is 2.26. The summed E-state index contributed by atoms with van der Waals surface area (Å²) in [4.78, 5) is 35.2. The van der Waals surface area contributed by atoms with Gasteiger partial charge >= 0.3 is 0 Å². The van der Waals surface area contributed by atoms with Crippen LogP contribution < -0.4 is 11.1 Å². The van der Waals surface area contributed by atoms with Crippen molar-refractivity contribution in [2.24, 2.45) is 0 Å². The summed E-state index contributed by atoms with van der Waals surface area (Å²) >= 11 is 0. The van der Waals surface area contributed by atoms with E-state index in [9.17, 15) is 10.1 Å². The van der Waals surface area contributed by atoms with E-state index >= 15 is 0 Å². The molecule has 0 fully saturated rings. The SMILES string of the molecule is CC(=O)N1CCc2nc(N)c(C#N)c(-c3cnc(NCc4ccccc4)nc3)c2C1.O=CO. The lowest BCUT2D eigenvalue weighted by atomic mass is 9.92. The second-order valence-electron chi connectivity index (χ2n) is 7.21. The van der Waals surface area contributed by atoms with Crippen molar-refractivity contribution in [3.8, 4) is 17.2 Å². The zero-order chi connectivity index (χ0) is 23.8. The van der Waals surface area contributed by atoms with Crippen molar-refractivity contribution in [3.05, 3.63) is 65.1 Å². The van der Waals surface area contributed by atoms with Gasteiger partial charge in [-0.3, -0.25) is 9.59 Å². The lowest BCUT2D eigenvalue weighted by Crippen LogP contribution is -2.35. The Morgan fingerprint density at radius 3 is 2.58 bits per heavy atom. The third kappa shape index (κ3) is 5.40. The summed E-state index contributed by atoms with van der Waals surface area (Å²) in [6, 6.07) is 12.1. The second-order valence-corrected chi connectivity index (χ2v) is 7.21. The van der Waals surface area contributed by atoms with Gasteiger partial charge in [-0.2, -0.15) is 5.26 Å². The van der Waals surface area contributed by atoms with Crippen LogP contribution in [0.5, 0.6) is 0 Å². The maximum absolute atomic E-state index is 11.9. The van der Waals surface area contributed by atoms with Crippen LogP contribution in [0.25, 0.3) is 11.1 Å². The van der Waals surface area contributed by atoms with Crippen LogP contribution in [0.3, 0.4) is 0 Å². The fourth-order valence-corrected chi connectivity index (χ4v) is 3.61. The highest BCUT2D eigenvalue weighted by Crippen LogP contribution is 2.34. The number of nitrogens with one attached hydrogen (secondary N) is 1. The van der Waals surface area contributed by atoms with Crippen LogP contribution in [0.15, 0.2) is 42.7 Å². The molecule has 33 heavy (non-hydrogen) atoms. The van der Waals surface area contributed by atoms with Gasteiger partial charge in [0.1, 0.15) is 17.5 Å². The highest BCUT2D eigenvalue weighted by atomic mass is 16.3. The van der Waals surface area contributed by atoms with Crippen LogP contribution in [0.1, 0.15) is 29.3 Å². The van der Waals surface area contributed by atoms with Crippen molar-refractivity contribution < 1.29 is 14.7 Å². The molecule has 0 radical (unpaired) electrons. The molecular formula is C23H23N7O3. The Hall–Kier alpha value is -4.52. The Bertz CT molecular complexity index is 1180. The Morgan fingerprint density at radius 1 is 1.30 bits per heavy atom. The third-order valence-corrected chi connectivity index (χ3v) is 5.17. The van der Waals surface area contributed by atoms with Crippen molar-refractivity contribution in [1.82, 2.24) is 19.9 Å². The van der Waals surface area contributed by atoms with Crippen LogP contribution in [-0.4, -0.2) is 43.9 Å². The predicted molar refractivity (Wildman–Crippen MR) is 122 cm³/mol. The number of amides is 1. The molecule has 0 unspecified atom stereocenters. The third-order valence-electron chi connectivity index (χ3n) is 5.17. The first-order chi connectivity index (χ1) is 16.0. The number of carboxylic acid groups (broad SMARTS) is 1. The monoisotopic (exact) mass is 445 g/mol. The number of hydrogen-bond donors (Lipinski definition) is 3. The van der Waals surface area contributed by atoms with Crippen molar-refractivity contribution >= 4 is 24.1 Å². The van der Waals surface area contributed by atoms with Gasteiger partial charge in [0, 0.05) is 62.1 Å². The van der Waals surface area contributed by atoms with Gasteiger partial charge < -0.3 is 21.1 Å². The van der Waals surface area contributed by atoms with E-state index in [1.165, 1.54) is 6.92 Å². The molecule has 0 saturated heterocycles. The van der Waals surface area contributed by atoms with E-state index in [0.29, 0.717) is 43.1 Å². The number of nitrogens with zero attached hydrogens (tertiary/aromatic N) is 5. The topological polar surface area (TPSA) is 158 Å². The minimum Gasteiger partial charge on any atom is -0.483 e. The maximum atomic E-state index is 11.9. The number of fused-ring (bicyclic) bond motifs is 1. The number of rotatable bonds is 4. The van der Waals surface area contributed by atoms with Crippen LogP contribution >= 0.6 is 0 Å². The fourth-order valence-electron chi connectivity index (χ4n) is 3.61. The molecule has 0 spiro atoms. The van der Waals surface area contributed by atoms with E-state index < -0.39 is 0 Å². The lowest BCUT2D eigenvalue weighted by Gasteiger charge is -2.29. The maximum Gasteiger partial charge on any atom is 0.290 e. The first-order valence-corrected chi connectivity index (χ1v) is 10.1. The van der Waals surface area contributed by atoms with Gasteiger partial charge in [0.25, 0.3) is 6.47 Å². The number of nitriles is 1. The van der Waals surface area contributed by atoms with Crippen molar-refractivity contribution in [2.45, 2.75) is 26.4 Å². The Labute approximate surface area is 190 Å². The molecule has 10 nitrogen and oxygen atoms in total. The van der Waals surface area contributed by atoms with Gasteiger partial charge in [-0.1, -0.05) is 30.3 Å². The summed E-state index contributed by atoms with van der Waals surface area (Å²) in [5, 5.41) is 19.8. The molecule has 2 aromatic heterocycles. The molecule has 0 bridgehead atoms. The Morgan fingerprint density at radius 2 is 1.97 bits per heavy atom.